The molecular weight excluding hydrogens is 192 g/mol. The Kier molecular flexibility index (Phi) is 4.94. The van der Waals surface area contributed by atoms with Crippen LogP contribution in [0.15, 0.2) is 0 Å². The van der Waals surface area contributed by atoms with Gasteiger partial charge >= 0.3 is 0 Å². The summed E-state index contributed by atoms with van der Waals surface area (Å²) in [6.07, 6.45) is 2.71. The van der Waals surface area contributed by atoms with Crippen molar-refractivity contribution in [2.75, 3.05) is 0 Å². The average molecular weight is 208 g/mol. The maximum atomic E-state index is 10.7. The molecule has 13 heavy (non-hydrogen) atoms. The van der Waals surface area contributed by atoms with Crippen molar-refractivity contribution in [2.24, 2.45) is 5.73 Å². The van der Waals surface area contributed by atoms with Crippen LogP contribution in [0.4, 0.5) is 0 Å². The van der Waals surface area contributed by atoms with Gasteiger partial charge in [0.25, 0.3) is 10.1 Å². The fourth-order valence-corrected chi connectivity index (χ4v) is 1.83. The third kappa shape index (κ3) is 4.84. The molecule has 0 amide bonds. The SMILES string of the molecule is CCCCCC(C(=N)N)S(=O)(=O)O. The summed E-state index contributed by atoms with van der Waals surface area (Å²) < 4.78 is 30.1. The lowest BCUT2D eigenvalue weighted by Gasteiger charge is -2.10. The normalized spacial score (nSPS) is 14.0. The maximum Gasteiger partial charge on any atom is 0.275 e. The summed E-state index contributed by atoms with van der Waals surface area (Å²) >= 11 is 0. The molecule has 1 atom stereocenters. The first-order valence-electron chi connectivity index (χ1n) is 4.19. The first-order chi connectivity index (χ1) is 5.89. The Balaban J connectivity index is 4.22. The van der Waals surface area contributed by atoms with Crippen molar-refractivity contribution in [1.29, 1.82) is 5.41 Å². The molecule has 0 radical (unpaired) electrons. The molecule has 0 aliphatic carbocycles. The molecule has 0 aromatic carbocycles. The molecule has 0 saturated carbocycles. The highest BCUT2D eigenvalue weighted by molar-refractivity contribution is 7.87. The molecule has 0 saturated heterocycles. The molecule has 0 bridgehead atoms. The van der Waals surface area contributed by atoms with Gasteiger partial charge in [0, 0.05) is 0 Å². The number of unbranched alkanes of at least 4 members (excludes halogenated alkanes) is 2. The number of nitrogens with two attached hydrogens (primary N) is 1. The van der Waals surface area contributed by atoms with E-state index in [1.54, 1.807) is 0 Å². The van der Waals surface area contributed by atoms with Crippen molar-refractivity contribution in [3.05, 3.63) is 0 Å². The van der Waals surface area contributed by atoms with Gasteiger partial charge in [0.1, 0.15) is 11.1 Å². The van der Waals surface area contributed by atoms with E-state index in [0.29, 0.717) is 6.42 Å². The van der Waals surface area contributed by atoms with E-state index in [9.17, 15) is 8.42 Å². The van der Waals surface area contributed by atoms with E-state index >= 15 is 0 Å². The fraction of sp³-hybridized carbons (Fsp3) is 0.857. The Hall–Kier alpha value is -0.620. The zero-order valence-electron chi connectivity index (χ0n) is 7.66. The summed E-state index contributed by atoms with van der Waals surface area (Å²) in [5, 5.41) is 5.76. The van der Waals surface area contributed by atoms with Crippen molar-refractivity contribution >= 4 is 16.0 Å². The molecule has 78 valence electrons. The Morgan fingerprint density at radius 1 is 1.54 bits per heavy atom. The minimum atomic E-state index is -4.19. The lowest BCUT2D eigenvalue weighted by molar-refractivity contribution is 0.471. The molecule has 5 nitrogen and oxygen atoms in total. The molecule has 0 aliphatic heterocycles. The van der Waals surface area contributed by atoms with Crippen molar-refractivity contribution in [3.63, 3.8) is 0 Å². The molecule has 0 aliphatic rings. The Labute approximate surface area is 78.6 Å². The molecule has 0 fully saturated rings. The van der Waals surface area contributed by atoms with Crippen LogP contribution in [0.2, 0.25) is 0 Å². The second-order valence-electron chi connectivity index (χ2n) is 2.95. The Bertz CT molecular complexity index is 261. The topological polar surface area (TPSA) is 104 Å². The summed E-state index contributed by atoms with van der Waals surface area (Å²) in [6.45, 7) is 1.98. The molecule has 0 aromatic rings. The van der Waals surface area contributed by atoms with E-state index in [1.807, 2.05) is 6.92 Å². The first kappa shape index (κ1) is 12.4. The predicted molar refractivity (Wildman–Crippen MR) is 51.4 cm³/mol. The van der Waals surface area contributed by atoms with Crippen molar-refractivity contribution in [2.45, 2.75) is 37.9 Å². The fourth-order valence-electron chi connectivity index (χ4n) is 1.04. The van der Waals surface area contributed by atoms with Gasteiger partial charge in [0.15, 0.2) is 0 Å². The molecule has 0 aromatic heterocycles. The highest BCUT2D eigenvalue weighted by Crippen LogP contribution is 2.09. The standard InChI is InChI=1S/C7H16N2O3S/c1-2-3-4-5-6(7(8)9)13(10,11)12/h6H,2-5H2,1H3,(H3,8,9)(H,10,11,12). The molecule has 1 unspecified atom stereocenters. The summed E-state index contributed by atoms with van der Waals surface area (Å²) in [4.78, 5) is 0. The van der Waals surface area contributed by atoms with E-state index in [0.717, 1.165) is 12.8 Å². The second kappa shape index (κ2) is 5.18. The van der Waals surface area contributed by atoms with Gasteiger partial charge in [-0.25, -0.2) is 0 Å². The summed E-state index contributed by atoms with van der Waals surface area (Å²) in [6, 6.07) is 0. The lowest BCUT2D eigenvalue weighted by Crippen LogP contribution is -2.34. The quantitative estimate of drug-likeness (QED) is 0.259. The van der Waals surface area contributed by atoms with Gasteiger partial charge in [0.05, 0.1) is 0 Å². The molecule has 4 N–H and O–H groups in total. The number of nitrogens with one attached hydrogen (secondary N) is 1. The van der Waals surface area contributed by atoms with Crippen LogP contribution in [0.3, 0.4) is 0 Å². The van der Waals surface area contributed by atoms with Gasteiger partial charge in [-0.05, 0) is 6.42 Å². The third-order valence-electron chi connectivity index (χ3n) is 1.78. The number of amidine groups is 1. The van der Waals surface area contributed by atoms with Crippen molar-refractivity contribution in [3.8, 4) is 0 Å². The van der Waals surface area contributed by atoms with Crippen LogP contribution in [0.1, 0.15) is 32.6 Å². The second-order valence-corrected chi connectivity index (χ2v) is 4.55. The largest absolute Gasteiger partial charge is 0.386 e. The zero-order chi connectivity index (χ0) is 10.5. The molecule has 0 rings (SSSR count). The van der Waals surface area contributed by atoms with Crippen LogP contribution in [0.25, 0.3) is 0 Å². The van der Waals surface area contributed by atoms with Crippen molar-refractivity contribution < 1.29 is 13.0 Å². The van der Waals surface area contributed by atoms with Gasteiger partial charge in [0.2, 0.25) is 0 Å². The van der Waals surface area contributed by atoms with Gasteiger partial charge in [-0.15, -0.1) is 0 Å². The lowest BCUT2D eigenvalue weighted by atomic mass is 10.1. The van der Waals surface area contributed by atoms with Gasteiger partial charge in [-0.1, -0.05) is 26.2 Å². The minimum absolute atomic E-state index is 0.224. The minimum Gasteiger partial charge on any atom is -0.386 e. The van der Waals surface area contributed by atoms with E-state index < -0.39 is 21.2 Å². The highest BCUT2D eigenvalue weighted by atomic mass is 32.2. The van der Waals surface area contributed by atoms with Gasteiger partial charge in [-0.3, -0.25) is 9.96 Å². The van der Waals surface area contributed by atoms with Crippen molar-refractivity contribution in [1.82, 2.24) is 0 Å². The number of hydrogen-bond acceptors (Lipinski definition) is 3. The van der Waals surface area contributed by atoms with Crippen LogP contribution >= 0.6 is 0 Å². The Morgan fingerprint density at radius 2 is 2.08 bits per heavy atom. The average Bonchev–Trinajstić information content (AvgIpc) is 1.94. The molecular formula is C7H16N2O3S. The monoisotopic (exact) mass is 208 g/mol. The third-order valence-corrected chi connectivity index (χ3v) is 2.99. The van der Waals surface area contributed by atoms with Gasteiger partial charge < -0.3 is 5.73 Å². The van der Waals surface area contributed by atoms with Crippen LogP contribution in [-0.2, 0) is 10.1 Å². The maximum absolute atomic E-state index is 10.7. The molecule has 0 heterocycles. The first-order valence-corrected chi connectivity index (χ1v) is 5.70. The van der Waals surface area contributed by atoms with Crippen LogP contribution in [-0.4, -0.2) is 24.1 Å². The molecule has 0 spiro atoms. The van der Waals surface area contributed by atoms with E-state index in [1.165, 1.54) is 0 Å². The Morgan fingerprint density at radius 3 is 2.38 bits per heavy atom. The van der Waals surface area contributed by atoms with E-state index in [2.05, 4.69) is 0 Å². The van der Waals surface area contributed by atoms with Crippen LogP contribution < -0.4 is 5.73 Å². The van der Waals surface area contributed by atoms with E-state index in [4.69, 9.17) is 15.7 Å². The van der Waals surface area contributed by atoms with Crippen LogP contribution in [0.5, 0.6) is 0 Å². The summed E-state index contributed by atoms with van der Waals surface area (Å²) in [5.41, 5.74) is 5.05. The zero-order valence-corrected chi connectivity index (χ0v) is 8.47. The summed E-state index contributed by atoms with van der Waals surface area (Å²) in [7, 11) is -4.19. The highest BCUT2D eigenvalue weighted by Gasteiger charge is 2.25. The number of hydrogen-bond donors (Lipinski definition) is 3. The van der Waals surface area contributed by atoms with Crippen LogP contribution in [0, 0.1) is 5.41 Å². The smallest absolute Gasteiger partial charge is 0.275 e. The van der Waals surface area contributed by atoms with E-state index in [-0.39, 0.29) is 6.42 Å². The predicted octanol–water partition coefficient (Wildman–Crippen LogP) is 0.759. The molecule has 6 heteroatoms. The number of rotatable bonds is 6. The summed E-state index contributed by atoms with van der Waals surface area (Å²) in [5.74, 6) is -0.487. The van der Waals surface area contributed by atoms with Gasteiger partial charge in [-0.2, -0.15) is 8.42 Å².